The van der Waals surface area contributed by atoms with Gasteiger partial charge in [-0.05, 0) is 49.2 Å². The topological polar surface area (TPSA) is 60.8 Å². The number of nitrogens with zero attached hydrogens (tertiary/aromatic N) is 1. The van der Waals surface area contributed by atoms with Crippen molar-refractivity contribution in [2.75, 3.05) is 0 Å². The molecule has 1 N–H and O–H groups in total. The fourth-order valence-corrected chi connectivity index (χ4v) is 3.48. The average Bonchev–Trinajstić information content (AvgIpc) is 2.69. The minimum Gasteiger partial charge on any atom is -0.417 e. The van der Waals surface area contributed by atoms with Crippen LogP contribution in [0.3, 0.4) is 0 Å². The SMILES string of the molecule is Cc1ccccc1OP(OCc1cccc(CO)n1)Oc1ccccc1C. The second-order valence-corrected chi connectivity index (χ2v) is 7.06. The van der Waals surface area contributed by atoms with E-state index >= 15 is 0 Å². The summed E-state index contributed by atoms with van der Waals surface area (Å²) < 4.78 is 18.0. The van der Waals surface area contributed by atoms with E-state index in [1.807, 2.05) is 74.5 Å². The second-order valence-electron chi connectivity index (χ2n) is 5.99. The van der Waals surface area contributed by atoms with Crippen LogP contribution in [0.25, 0.3) is 0 Å². The van der Waals surface area contributed by atoms with Crippen LogP contribution < -0.4 is 9.05 Å². The maximum atomic E-state index is 9.24. The van der Waals surface area contributed by atoms with E-state index in [-0.39, 0.29) is 13.2 Å². The molecule has 0 saturated carbocycles. The number of aliphatic hydroxyl groups is 1. The molecule has 140 valence electrons. The van der Waals surface area contributed by atoms with E-state index < -0.39 is 8.60 Å². The molecule has 3 rings (SSSR count). The molecule has 1 aromatic heterocycles. The first kappa shape index (κ1) is 19.3. The predicted molar refractivity (Wildman–Crippen MR) is 105 cm³/mol. The summed E-state index contributed by atoms with van der Waals surface area (Å²) in [7, 11) is -1.69. The van der Waals surface area contributed by atoms with E-state index in [0.29, 0.717) is 22.9 Å². The molecule has 0 aliphatic rings. The maximum absolute atomic E-state index is 9.24. The molecular weight excluding hydrogens is 361 g/mol. The van der Waals surface area contributed by atoms with Crippen LogP contribution in [0.2, 0.25) is 0 Å². The Kier molecular flexibility index (Phi) is 6.77. The lowest BCUT2D eigenvalue weighted by atomic mass is 10.2. The molecule has 6 heteroatoms. The van der Waals surface area contributed by atoms with Crippen molar-refractivity contribution >= 4 is 8.60 Å². The van der Waals surface area contributed by atoms with Gasteiger partial charge in [0.2, 0.25) is 0 Å². The van der Waals surface area contributed by atoms with Gasteiger partial charge in [0.25, 0.3) is 0 Å². The van der Waals surface area contributed by atoms with Crippen molar-refractivity contribution in [2.45, 2.75) is 27.1 Å². The lowest BCUT2D eigenvalue weighted by Gasteiger charge is -2.19. The standard InChI is InChI=1S/C21H22NO4P/c1-16-8-3-5-12-20(16)25-27(26-21-13-6-4-9-17(21)2)24-15-19-11-7-10-18(14-23)22-19/h3-13,23H,14-15H2,1-2H3. The molecule has 1 heterocycles. The summed E-state index contributed by atoms with van der Waals surface area (Å²) in [5, 5.41) is 9.24. The van der Waals surface area contributed by atoms with Crippen molar-refractivity contribution in [3.63, 3.8) is 0 Å². The van der Waals surface area contributed by atoms with Crippen molar-refractivity contribution in [1.29, 1.82) is 0 Å². The zero-order chi connectivity index (χ0) is 19.1. The van der Waals surface area contributed by atoms with Crippen LogP contribution in [0, 0.1) is 13.8 Å². The lowest BCUT2D eigenvalue weighted by Crippen LogP contribution is -2.03. The summed E-state index contributed by atoms with van der Waals surface area (Å²) in [5.41, 5.74) is 3.31. The van der Waals surface area contributed by atoms with Crippen LogP contribution in [0.15, 0.2) is 66.7 Å². The molecule has 0 spiro atoms. The van der Waals surface area contributed by atoms with Gasteiger partial charge in [-0.3, -0.25) is 9.51 Å². The fourth-order valence-electron chi connectivity index (χ4n) is 2.37. The molecular formula is C21H22NO4P. The Hall–Kier alpha value is -2.46. The van der Waals surface area contributed by atoms with E-state index in [9.17, 15) is 5.11 Å². The first-order valence-corrected chi connectivity index (χ1v) is 9.71. The molecule has 0 atom stereocenters. The third-order valence-electron chi connectivity index (χ3n) is 3.88. The van der Waals surface area contributed by atoms with Crippen LogP contribution in [-0.2, 0) is 17.7 Å². The van der Waals surface area contributed by atoms with Crippen molar-refractivity contribution in [3.05, 3.63) is 89.2 Å². The smallest absolute Gasteiger partial charge is 0.417 e. The van der Waals surface area contributed by atoms with E-state index in [1.165, 1.54) is 0 Å². The van der Waals surface area contributed by atoms with Gasteiger partial charge in [0.05, 0.1) is 24.6 Å². The maximum Gasteiger partial charge on any atom is 0.463 e. The summed E-state index contributed by atoms with van der Waals surface area (Å²) in [6, 6.07) is 20.9. The van der Waals surface area contributed by atoms with Gasteiger partial charge in [-0.2, -0.15) is 0 Å². The van der Waals surface area contributed by atoms with Gasteiger partial charge >= 0.3 is 8.60 Å². The number of para-hydroxylation sites is 2. The van der Waals surface area contributed by atoms with Crippen molar-refractivity contribution in [2.24, 2.45) is 0 Å². The third kappa shape index (κ3) is 5.51. The molecule has 0 saturated heterocycles. The Labute approximate surface area is 160 Å². The largest absolute Gasteiger partial charge is 0.463 e. The van der Waals surface area contributed by atoms with Crippen molar-refractivity contribution < 1.29 is 18.7 Å². The molecule has 2 aromatic carbocycles. The predicted octanol–water partition coefficient (Wildman–Crippen LogP) is 5.09. The lowest BCUT2D eigenvalue weighted by molar-refractivity contribution is 0.249. The molecule has 27 heavy (non-hydrogen) atoms. The summed E-state index contributed by atoms with van der Waals surface area (Å²) >= 11 is 0. The Morgan fingerprint density at radius 3 is 1.89 bits per heavy atom. The molecule has 0 aliphatic carbocycles. The summed E-state index contributed by atoms with van der Waals surface area (Å²) in [4.78, 5) is 4.34. The van der Waals surface area contributed by atoms with E-state index in [1.54, 1.807) is 6.07 Å². The number of hydrogen-bond donors (Lipinski definition) is 1. The van der Waals surface area contributed by atoms with Gasteiger partial charge in [-0.1, -0.05) is 42.5 Å². The highest BCUT2D eigenvalue weighted by Gasteiger charge is 2.20. The fraction of sp³-hybridized carbons (Fsp3) is 0.190. The summed E-state index contributed by atoms with van der Waals surface area (Å²) in [6.45, 7) is 4.06. The van der Waals surface area contributed by atoms with Gasteiger partial charge in [-0.25, -0.2) is 0 Å². The Morgan fingerprint density at radius 2 is 1.33 bits per heavy atom. The van der Waals surface area contributed by atoms with Gasteiger partial charge in [0.15, 0.2) is 0 Å². The number of hydrogen-bond acceptors (Lipinski definition) is 5. The molecule has 0 aliphatic heterocycles. The Balaban J connectivity index is 1.76. The molecule has 0 amide bonds. The molecule has 5 nitrogen and oxygen atoms in total. The van der Waals surface area contributed by atoms with Crippen LogP contribution in [-0.4, -0.2) is 10.1 Å². The zero-order valence-electron chi connectivity index (χ0n) is 15.3. The minimum atomic E-state index is -1.69. The number of pyridine rings is 1. The van der Waals surface area contributed by atoms with Gasteiger partial charge in [0.1, 0.15) is 11.5 Å². The Morgan fingerprint density at radius 1 is 0.778 bits per heavy atom. The minimum absolute atomic E-state index is 0.109. The number of rotatable bonds is 8. The van der Waals surface area contributed by atoms with E-state index in [0.717, 1.165) is 11.1 Å². The molecule has 0 bridgehead atoms. The molecule has 0 fully saturated rings. The van der Waals surface area contributed by atoms with Crippen LogP contribution in [0.1, 0.15) is 22.5 Å². The van der Waals surface area contributed by atoms with E-state index in [4.69, 9.17) is 13.6 Å². The van der Waals surface area contributed by atoms with Crippen molar-refractivity contribution in [3.8, 4) is 11.5 Å². The molecule has 0 unspecified atom stereocenters. The van der Waals surface area contributed by atoms with E-state index in [2.05, 4.69) is 4.98 Å². The quantitative estimate of drug-likeness (QED) is 0.549. The van der Waals surface area contributed by atoms with Crippen LogP contribution in [0.4, 0.5) is 0 Å². The highest BCUT2D eigenvalue weighted by molar-refractivity contribution is 7.42. The average molecular weight is 383 g/mol. The highest BCUT2D eigenvalue weighted by Crippen LogP contribution is 2.43. The first-order chi connectivity index (χ1) is 13.2. The number of benzene rings is 2. The van der Waals surface area contributed by atoms with Crippen molar-refractivity contribution in [1.82, 2.24) is 4.98 Å². The number of aliphatic hydroxyl groups excluding tert-OH is 1. The summed E-state index contributed by atoms with van der Waals surface area (Å²) in [6.07, 6.45) is 0. The zero-order valence-corrected chi connectivity index (χ0v) is 16.2. The molecule has 3 aromatic rings. The van der Waals surface area contributed by atoms with Gasteiger partial charge in [0, 0.05) is 0 Å². The van der Waals surface area contributed by atoms with Crippen LogP contribution in [0.5, 0.6) is 11.5 Å². The van der Waals surface area contributed by atoms with Gasteiger partial charge in [-0.15, -0.1) is 0 Å². The highest BCUT2D eigenvalue weighted by atomic mass is 31.2. The monoisotopic (exact) mass is 383 g/mol. The number of aryl methyl sites for hydroxylation is 2. The Bertz CT molecular complexity index is 840. The molecule has 0 radical (unpaired) electrons. The van der Waals surface area contributed by atoms with Crippen LogP contribution >= 0.6 is 8.60 Å². The van der Waals surface area contributed by atoms with Gasteiger partial charge < -0.3 is 14.2 Å². The number of aromatic nitrogens is 1. The summed E-state index contributed by atoms with van der Waals surface area (Å²) in [5.74, 6) is 1.43. The normalized spacial score (nSPS) is 10.8. The first-order valence-electron chi connectivity index (χ1n) is 8.61. The second kappa shape index (κ2) is 9.47. The third-order valence-corrected chi connectivity index (χ3v) is 4.91.